The molecule has 0 aliphatic rings. The lowest BCUT2D eigenvalue weighted by Crippen LogP contribution is -2.22. The molecule has 0 unspecified atom stereocenters. The van der Waals surface area contributed by atoms with E-state index in [0.29, 0.717) is 6.54 Å². The SMILES string of the molecule is C[C@@H](CN)Oc1ccc(Br)cc1. The molecule has 1 aromatic carbocycles. The first-order valence-electron chi connectivity index (χ1n) is 3.84. The van der Waals surface area contributed by atoms with Crippen LogP contribution >= 0.6 is 15.9 Å². The summed E-state index contributed by atoms with van der Waals surface area (Å²) in [6, 6.07) is 7.71. The number of benzene rings is 1. The van der Waals surface area contributed by atoms with E-state index >= 15 is 0 Å². The maximum atomic E-state index is 5.47. The predicted octanol–water partition coefficient (Wildman–Crippen LogP) is 2.18. The van der Waals surface area contributed by atoms with E-state index < -0.39 is 0 Å². The van der Waals surface area contributed by atoms with E-state index in [1.165, 1.54) is 0 Å². The summed E-state index contributed by atoms with van der Waals surface area (Å²) >= 11 is 3.35. The summed E-state index contributed by atoms with van der Waals surface area (Å²) in [5.41, 5.74) is 5.42. The van der Waals surface area contributed by atoms with E-state index in [1.807, 2.05) is 31.2 Å². The van der Waals surface area contributed by atoms with Gasteiger partial charge in [-0.3, -0.25) is 0 Å². The summed E-state index contributed by atoms with van der Waals surface area (Å²) < 4.78 is 6.52. The Balaban J connectivity index is 2.58. The van der Waals surface area contributed by atoms with Crippen molar-refractivity contribution in [3.8, 4) is 5.75 Å². The summed E-state index contributed by atoms with van der Waals surface area (Å²) in [7, 11) is 0. The maximum Gasteiger partial charge on any atom is 0.119 e. The van der Waals surface area contributed by atoms with Crippen LogP contribution in [0.3, 0.4) is 0 Å². The van der Waals surface area contributed by atoms with Crippen LogP contribution in [0.1, 0.15) is 6.92 Å². The zero-order chi connectivity index (χ0) is 8.97. The fourth-order valence-electron chi connectivity index (χ4n) is 0.794. The second-order valence-corrected chi connectivity index (χ2v) is 3.53. The molecule has 1 rings (SSSR count). The molecule has 0 aliphatic heterocycles. The molecule has 0 spiro atoms. The van der Waals surface area contributed by atoms with Crippen LogP contribution in [-0.4, -0.2) is 12.6 Å². The van der Waals surface area contributed by atoms with Crippen molar-refractivity contribution >= 4 is 15.9 Å². The topological polar surface area (TPSA) is 35.2 Å². The van der Waals surface area contributed by atoms with Crippen LogP contribution in [0.25, 0.3) is 0 Å². The van der Waals surface area contributed by atoms with Gasteiger partial charge in [-0.25, -0.2) is 0 Å². The molecule has 1 aromatic rings. The molecule has 0 saturated heterocycles. The number of rotatable bonds is 3. The average molecular weight is 230 g/mol. The van der Waals surface area contributed by atoms with E-state index in [0.717, 1.165) is 10.2 Å². The molecule has 2 N–H and O–H groups in total. The van der Waals surface area contributed by atoms with Crippen molar-refractivity contribution in [1.29, 1.82) is 0 Å². The van der Waals surface area contributed by atoms with Crippen molar-refractivity contribution in [2.45, 2.75) is 13.0 Å². The second-order valence-electron chi connectivity index (χ2n) is 2.62. The average Bonchev–Trinajstić information content (AvgIpc) is 2.09. The highest BCUT2D eigenvalue weighted by molar-refractivity contribution is 9.10. The number of hydrogen-bond donors (Lipinski definition) is 1. The fourth-order valence-corrected chi connectivity index (χ4v) is 1.06. The lowest BCUT2D eigenvalue weighted by atomic mass is 10.3. The van der Waals surface area contributed by atoms with E-state index in [1.54, 1.807) is 0 Å². The summed E-state index contributed by atoms with van der Waals surface area (Å²) in [6.45, 7) is 2.48. The van der Waals surface area contributed by atoms with E-state index in [2.05, 4.69) is 15.9 Å². The predicted molar refractivity (Wildman–Crippen MR) is 53.3 cm³/mol. The van der Waals surface area contributed by atoms with Gasteiger partial charge in [0.2, 0.25) is 0 Å². The van der Waals surface area contributed by atoms with Crippen LogP contribution in [-0.2, 0) is 0 Å². The van der Waals surface area contributed by atoms with Crippen LogP contribution in [0.2, 0.25) is 0 Å². The van der Waals surface area contributed by atoms with Crippen molar-refractivity contribution in [1.82, 2.24) is 0 Å². The molecule has 0 heterocycles. The number of ether oxygens (including phenoxy) is 1. The molecule has 0 amide bonds. The quantitative estimate of drug-likeness (QED) is 0.863. The third kappa shape index (κ3) is 2.83. The lowest BCUT2D eigenvalue weighted by molar-refractivity contribution is 0.230. The number of hydrogen-bond acceptors (Lipinski definition) is 2. The van der Waals surface area contributed by atoms with Gasteiger partial charge in [0.1, 0.15) is 11.9 Å². The number of halogens is 1. The van der Waals surface area contributed by atoms with E-state index in [-0.39, 0.29) is 6.10 Å². The fraction of sp³-hybridized carbons (Fsp3) is 0.333. The third-order valence-electron chi connectivity index (χ3n) is 1.48. The molecule has 3 heteroatoms. The summed E-state index contributed by atoms with van der Waals surface area (Å²) in [4.78, 5) is 0. The summed E-state index contributed by atoms with van der Waals surface area (Å²) in [6.07, 6.45) is 0.0752. The molecular weight excluding hydrogens is 218 g/mol. The Bertz CT molecular complexity index is 235. The Morgan fingerprint density at radius 1 is 1.42 bits per heavy atom. The molecule has 0 saturated carbocycles. The van der Waals surface area contributed by atoms with Crippen LogP contribution < -0.4 is 10.5 Å². The van der Waals surface area contributed by atoms with Crippen molar-refractivity contribution in [3.63, 3.8) is 0 Å². The van der Waals surface area contributed by atoms with Gasteiger partial charge in [-0.15, -0.1) is 0 Å². The maximum absolute atomic E-state index is 5.47. The first kappa shape index (κ1) is 9.55. The van der Waals surface area contributed by atoms with Crippen molar-refractivity contribution in [2.24, 2.45) is 5.73 Å². The molecule has 0 bridgehead atoms. The smallest absolute Gasteiger partial charge is 0.119 e. The zero-order valence-corrected chi connectivity index (χ0v) is 8.54. The Morgan fingerprint density at radius 3 is 2.50 bits per heavy atom. The molecule has 1 atom stereocenters. The minimum atomic E-state index is 0.0752. The van der Waals surface area contributed by atoms with Crippen LogP contribution in [0.5, 0.6) is 5.75 Å². The molecule has 12 heavy (non-hydrogen) atoms. The molecule has 0 radical (unpaired) electrons. The molecule has 2 nitrogen and oxygen atoms in total. The van der Waals surface area contributed by atoms with Crippen LogP contribution in [0.15, 0.2) is 28.7 Å². The van der Waals surface area contributed by atoms with Crippen molar-refractivity contribution < 1.29 is 4.74 Å². The summed E-state index contributed by atoms with van der Waals surface area (Å²) in [5.74, 6) is 0.858. The van der Waals surface area contributed by atoms with E-state index in [4.69, 9.17) is 10.5 Å². The first-order valence-corrected chi connectivity index (χ1v) is 4.64. The Morgan fingerprint density at radius 2 is 2.00 bits per heavy atom. The van der Waals surface area contributed by atoms with Gasteiger partial charge < -0.3 is 10.5 Å². The second kappa shape index (κ2) is 4.48. The molecule has 0 fully saturated rings. The van der Waals surface area contributed by atoms with Crippen LogP contribution in [0.4, 0.5) is 0 Å². The van der Waals surface area contributed by atoms with Crippen molar-refractivity contribution in [3.05, 3.63) is 28.7 Å². The van der Waals surface area contributed by atoms with Crippen molar-refractivity contribution in [2.75, 3.05) is 6.54 Å². The Labute approximate surface area is 80.8 Å². The van der Waals surface area contributed by atoms with Gasteiger partial charge in [0.15, 0.2) is 0 Å². The van der Waals surface area contributed by atoms with Gasteiger partial charge in [0.05, 0.1) is 0 Å². The summed E-state index contributed by atoms with van der Waals surface area (Å²) in [5, 5.41) is 0. The minimum absolute atomic E-state index is 0.0752. The van der Waals surface area contributed by atoms with Gasteiger partial charge >= 0.3 is 0 Å². The van der Waals surface area contributed by atoms with Gasteiger partial charge in [0.25, 0.3) is 0 Å². The van der Waals surface area contributed by atoms with Crippen LogP contribution in [0, 0.1) is 0 Å². The van der Waals surface area contributed by atoms with Gasteiger partial charge in [-0.05, 0) is 31.2 Å². The van der Waals surface area contributed by atoms with E-state index in [9.17, 15) is 0 Å². The Hall–Kier alpha value is -0.540. The number of nitrogens with two attached hydrogens (primary N) is 1. The van der Waals surface area contributed by atoms with Gasteiger partial charge in [0, 0.05) is 11.0 Å². The van der Waals surface area contributed by atoms with Gasteiger partial charge in [-0.2, -0.15) is 0 Å². The molecular formula is C9H12BrNO. The third-order valence-corrected chi connectivity index (χ3v) is 2.01. The monoisotopic (exact) mass is 229 g/mol. The first-order chi connectivity index (χ1) is 5.72. The lowest BCUT2D eigenvalue weighted by Gasteiger charge is -2.11. The molecule has 0 aromatic heterocycles. The Kier molecular flexibility index (Phi) is 3.56. The molecule has 66 valence electrons. The normalized spacial score (nSPS) is 12.6. The largest absolute Gasteiger partial charge is 0.489 e. The van der Waals surface area contributed by atoms with Gasteiger partial charge in [-0.1, -0.05) is 15.9 Å². The highest BCUT2D eigenvalue weighted by Gasteiger charge is 1.99. The highest BCUT2D eigenvalue weighted by atomic mass is 79.9. The minimum Gasteiger partial charge on any atom is -0.489 e. The standard InChI is InChI=1S/C9H12BrNO/c1-7(6-11)12-9-4-2-8(10)3-5-9/h2-5,7H,6,11H2,1H3/t7-/m0/s1. The highest BCUT2D eigenvalue weighted by Crippen LogP contribution is 2.16. The molecule has 0 aliphatic carbocycles. The zero-order valence-electron chi connectivity index (χ0n) is 6.96.